The summed E-state index contributed by atoms with van der Waals surface area (Å²) in [5, 5.41) is 3.31. The molecular formula is C23H22Cl2N2O5S. The molecule has 0 spiro atoms. The number of nitrogens with one attached hydrogen (secondary N) is 2. The van der Waals surface area contributed by atoms with Crippen LogP contribution in [0.2, 0.25) is 10.0 Å². The number of ether oxygens (including phenoxy) is 2. The molecule has 0 bridgehead atoms. The Morgan fingerprint density at radius 2 is 1.64 bits per heavy atom. The van der Waals surface area contributed by atoms with Gasteiger partial charge >= 0.3 is 0 Å². The number of hydrogen-bond donors (Lipinski definition) is 2. The van der Waals surface area contributed by atoms with E-state index in [0.29, 0.717) is 10.8 Å². The number of rotatable bonds is 9. The van der Waals surface area contributed by atoms with Gasteiger partial charge in [0.2, 0.25) is 15.9 Å². The minimum atomic E-state index is -4.10. The standard InChI is InChI=1S/C23H22Cl2N2O5S/c1-31-21-11-9-17(14-22(21)32-2)33(29,30)27-20(12-15-6-4-3-5-7-15)23(28)26-19-13-16(24)8-10-18(19)25/h3-11,13-14,20,27H,12H2,1-2H3,(H,26,28)/t20-/m1/s1. The lowest BCUT2D eigenvalue weighted by molar-refractivity contribution is -0.117. The Kier molecular flexibility index (Phi) is 8.20. The van der Waals surface area contributed by atoms with E-state index in [2.05, 4.69) is 10.0 Å². The SMILES string of the molecule is COc1ccc(S(=O)(=O)N[C@H](Cc2ccccc2)C(=O)Nc2cc(Cl)ccc2Cl)cc1OC. The number of methoxy groups -OCH3 is 2. The quantitative estimate of drug-likeness (QED) is 0.442. The molecule has 0 aliphatic carbocycles. The van der Waals surface area contributed by atoms with Crippen LogP contribution in [0.15, 0.2) is 71.6 Å². The molecule has 0 radical (unpaired) electrons. The summed E-state index contributed by atoms with van der Waals surface area (Å²) in [5.41, 5.74) is 1.04. The maximum Gasteiger partial charge on any atom is 0.242 e. The van der Waals surface area contributed by atoms with Gasteiger partial charge in [0.1, 0.15) is 6.04 Å². The van der Waals surface area contributed by atoms with E-state index in [1.54, 1.807) is 36.4 Å². The van der Waals surface area contributed by atoms with Crippen LogP contribution in [-0.4, -0.2) is 34.6 Å². The van der Waals surface area contributed by atoms with E-state index in [9.17, 15) is 13.2 Å². The smallest absolute Gasteiger partial charge is 0.242 e. The molecule has 33 heavy (non-hydrogen) atoms. The van der Waals surface area contributed by atoms with E-state index in [4.69, 9.17) is 32.7 Å². The molecule has 174 valence electrons. The molecular weight excluding hydrogens is 487 g/mol. The number of amides is 1. The van der Waals surface area contributed by atoms with E-state index in [0.717, 1.165) is 5.56 Å². The number of sulfonamides is 1. The van der Waals surface area contributed by atoms with Crippen molar-refractivity contribution < 1.29 is 22.7 Å². The average Bonchev–Trinajstić information content (AvgIpc) is 2.81. The Hall–Kier alpha value is -2.78. The second-order valence-electron chi connectivity index (χ2n) is 6.99. The van der Waals surface area contributed by atoms with Crippen LogP contribution in [0.4, 0.5) is 5.69 Å². The van der Waals surface area contributed by atoms with Gasteiger partial charge in [0.05, 0.1) is 29.8 Å². The molecule has 0 heterocycles. The van der Waals surface area contributed by atoms with Gasteiger partial charge in [-0.05, 0) is 42.3 Å². The van der Waals surface area contributed by atoms with Crippen LogP contribution < -0.4 is 19.5 Å². The number of carbonyl (C=O) groups excluding carboxylic acids is 1. The topological polar surface area (TPSA) is 93.7 Å². The molecule has 7 nitrogen and oxygen atoms in total. The van der Waals surface area contributed by atoms with E-state index in [1.807, 2.05) is 6.07 Å². The summed E-state index contributed by atoms with van der Waals surface area (Å²) < 4.78 is 39.1. The number of hydrogen-bond acceptors (Lipinski definition) is 5. The van der Waals surface area contributed by atoms with Gasteiger partial charge in [0.25, 0.3) is 0 Å². The molecule has 3 aromatic rings. The van der Waals surface area contributed by atoms with Crippen LogP contribution in [-0.2, 0) is 21.2 Å². The van der Waals surface area contributed by atoms with Gasteiger partial charge in [-0.15, -0.1) is 0 Å². The van der Waals surface area contributed by atoms with Crippen molar-refractivity contribution in [3.05, 3.63) is 82.3 Å². The highest BCUT2D eigenvalue weighted by Gasteiger charge is 2.27. The van der Waals surface area contributed by atoms with Crippen LogP contribution in [0.25, 0.3) is 0 Å². The zero-order valence-electron chi connectivity index (χ0n) is 17.8. The normalized spacial score (nSPS) is 12.1. The maximum absolute atomic E-state index is 13.1. The van der Waals surface area contributed by atoms with Crippen LogP contribution in [0.3, 0.4) is 0 Å². The lowest BCUT2D eigenvalue weighted by Gasteiger charge is -2.20. The Morgan fingerprint density at radius 3 is 2.30 bits per heavy atom. The highest BCUT2D eigenvalue weighted by Crippen LogP contribution is 2.30. The molecule has 0 fully saturated rings. The molecule has 0 unspecified atom stereocenters. The Labute approximate surface area is 202 Å². The number of anilines is 1. The van der Waals surface area contributed by atoms with E-state index in [1.165, 1.54) is 38.5 Å². The number of halogens is 2. The molecule has 2 N–H and O–H groups in total. The summed E-state index contributed by atoms with van der Waals surface area (Å²) in [5.74, 6) is 0.0350. The Bertz CT molecular complexity index is 1240. The van der Waals surface area contributed by atoms with E-state index < -0.39 is 22.0 Å². The fraction of sp³-hybridized carbons (Fsp3) is 0.174. The first kappa shape index (κ1) is 24.9. The van der Waals surface area contributed by atoms with Crippen LogP contribution >= 0.6 is 23.2 Å². The predicted molar refractivity (Wildman–Crippen MR) is 129 cm³/mol. The highest BCUT2D eigenvalue weighted by atomic mass is 35.5. The Balaban J connectivity index is 1.92. The first-order valence-corrected chi connectivity index (χ1v) is 12.0. The molecule has 3 rings (SSSR count). The van der Waals surface area contributed by atoms with Gasteiger partial charge in [-0.1, -0.05) is 53.5 Å². The van der Waals surface area contributed by atoms with Gasteiger partial charge in [0, 0.05) is 11.1 Å². The third-order valence-electron chi connectivity index (χ3n) is 4.75. The summed E-state index contributed by atoms with van der Waals surface area (Å²) in [4.78, 5) is 13.1. The van der Waals surface area contributed by atoms with Gasteiger partial charge in [-0.3, -0.25) is 4.79 Å². The van der Waals surface area contributed by atoms with Crippen LogP contribution in [0.5, 0.6) is 11.5 Å². The summed E-state index contributed by atoms with van der Waals surface area (Å²) in [6.45, 7) is 0. The average molecular weight is 509 g/mol. The van der Waals surface area contributed by atoms with Crippen LogP contribution in [0, 0.1) is 0 Å². The van der Waals surface area contributed by atoms with Crippen molar-refractivity contribution >= 4 is 44.8 Å². The first-order valence-electron chi connectivity index (χ1n) is 9.77. The number of carbonyl (C=O) groups is 1. The highest BCUT2D eigenvalue weighted by molar-refractivity contribution is 7.89. The van der Waals surface area contributed by atoms with Crippen molar-refractivity contribution in [2.75, 3.05) is 19.5 Å². The largest absolute Gasteiger partial charge is 0.493 e. The van der Waals surface area contributed by atoms with Gasteiger partial charge < -0.3 is 14.8 Å². The van der Waals surface area contributed by atoms with Gasteiger partial charge in [-0.2, -0.15) is 4.72 Å². The van der Waals surface area contributed by atoms with Crippen molar-refractivity contribution in [3.63, 3.8) is 0 Å². The minimum Gasteiger partial charge on any atom is -0.493 e. The van der Waals surface area contributed by atoms with Crippen molar-refractivity contribution in [1.29, 1.82) is 0 Å². The van der Waals surface area contributed by atoms with Gasteiger partial charge in [-0.25, -0.2) is 8.42 Å². The molecule has 0 aliphatic heterocycles. The van der Waals surface area contributed by atoms with E-state index in [-0.39, 0.29) is 27.8 Å². The Morgan fingerprint density at radius 1 is 0.939 bits per heavy atom. The third kappa shape index (κ3) is 6.39. The van der Waals surface area contributed by atoms with Crippen LogP contribution in [0.1, 0.15) is 5.56 Å². The van der Waals surface area contributed by atoms with Crippen molar-refractivity contribution in [2.45, 2.75) is 17.4 Å². The fourth-order valence-electron chi connectivity index (χ4n) is 3.09. The second-order valence-corrected chi connectivity index (χ2v) is 9.55. The van der Waals surface area contributed by atoms with E-state index >= 15 is 0 Å². The van der Waals surface area contributed by atoms with Crippen molar-refractivity contribution in [2.24, 2.45) is 0 Å². The zero-order chi connectivity index (χ0) is 24.0. The van der Waals surface area contributed by atoms with Crippen molar-refractivity contribution in [3.8, 4) is 11.5 Å². The second kappa shape index (κ2) is 10.9. The fourth-order valence-corrected chi connectivity index (χ4v) is 4.64. The summed E-state index contributed by atoms with van der Waals surface area (Å²) in [7, 11) is -1.24. The lowest BCUT2D eigenvalue weighted by atomic mass is 10.1. The summed E-state index contributed by atoms with van der Waals surface area (Å²) >= 11 is 12.2. The maximum atomic E-state index is 13.1. The minimum absolute atomic E-state index is 0.0770. The van der Waals surface area contributed by atoms with Gasteiger partial charge in [0.15, 0.2) is 11.5 Å². The molecule has 3 aromatic carbocycles. The van der Waals surface area contributed by atoms with Crippen molar-refractivity contribution in [1.82, 2.24) is 4.72 Å². The molecule has 1 amide bonds. The first-order chi connectivity index (χ1) is 15.7. The molecule has 1 atom stereocenters. The zero-order valence-corrected chi connectivity index (χ0v) is 20.2. The lowest BCUT2D eigenvalue weighted by Crippen LogP contribution is -2.45. The molecule has 0 saturated heterocycles. The third-order valence-corrected chi connectivity index (χ3v) is 6.78. The molecule has 10 heteroatoms. The molecule has 0 aromatic heterocycles. The predicted octanol–water partition coefficient (Wildman–Crippen LogP) is 4.54. The molecule has 0 aliphatic rings. The summed E-state index contributed by atoms with van der Waals surface area (Å²) in [6, 6.07) is 16.7. The summed E-state index contributed by atoms with van der Waals surface area (Å²) in [6.07, 6.45) is 0.109. The monoisotopic (exact) mass is 508 g/mol. The molecule has 0 saturated carbocycles. The number of benzene rings is 3.